The zero-order valence-corrected chi connectivity index (χ0v) is 14.3. The molecule has 2 heterocycles. The molecule has 0 radical (unpaired) electrons. The molecule has 1 unspecified atom stereocenters. The van der Waals surface area contributed by atoms with Crippen LogP contribution in [-0.4, -0.2) is 28.9 Å². The average Bonchev–Trinajstić information content (AvgIpc) is 2.74. The van der Waals surface area contributed by atoms with Gasteiger partial charge >= 0.3 is 0 Å². The largest absolute Gasteiger partial charge is 0.343 e. The van der Waals surface area contributed by atoms with Crippen LogP contribution in [0.25, 0.3) is 0 Å². The van der Waals surface area contributed by atoms with Crippen molar-refractivity contribution in [3.05, 3.63) is 30.1 Å². The molecule has 0 saturated carbocycles. The zero-order chi connectivity index (χ0) is 16.0. The summed E-state index contributed by atoms with van der Waals surface area (Å²) in [5, 5.41) is 0. The summed E-state index contributed by atoms with van der Waals surface area (Å²) in [6, 6.07) is 5.97. The van der Waals surface area contributed by atoms with Crippen molar-refractivity contribution in [2.45, 2.75) is 59.3 Å². The third kappa shape index (κ3) is 5.11. The SMILES string of the molecule is CC(C)(C)C1CCCN(C(=O)CCCc2ccccn2)CC1. The molecule has 3 nitrogen and oxygen atoms in total. The van der Waals surface area contributed by atoms with E-state index in [0.717, 1.165) is 50.4 Å². The van der Waals surface area contributed by atoms with E-state index >= 15 is 0 Å². The molecule has 22 heavy (non-hydrogen) atoms. The molecule has 122 valence electrons. The predicted octanol–water partition coefficient (Wildman–Crippen LogP) is 4.08. The van der Waals surface area contributed by atoms with Crippen molar-refractivity contribution < 1.29 is 4.79 Å². The van der Waals surface area contributed by atoms with Gasteiger partial charge in [-0.05, 0) is 55.6 Å². The molecule has 1 aliphatic heterocycles. The van der Waals surface area contributed by atoms with Gasteiger partial charge in [-0.25, -0.2) is 0 Å². The first-order valence-corrected chi connectivity index (χ1v) is 8.64. The Morgan fingerprint density at radius 1 is 1.27 bits per heavy atom. The molecule has 1 aromatic rings. The molecule has 1 saturated heterocycles. The number of aromatic nitrogens is 1. The van der Waals surface area contributed by atoms with Crippen LogP contribution in [0, 0.1) is 11.3 Å². The summed E-state index contributed by atoms with van der Waals surface area (Å²) >= 11 is 0. The Bertz CT molecular complexity index is 464. The number of carbonyl (C=O) groups excluding carboxylic acids is 1. The van der Waals surface area contributed by atoms with Gasteiger partial charge < -0.3 is 4.90 Å². The van der Waals surface area contributed by atoms with Gasteiger partial charge in [-0.15, -0.1) is 0 Å². The summed E-state index contributed by atoms with van der Waals surface area (Å²) in [5.41, 5.74) is 1.44. The first kappa shape index (κ1) is 17.0. The highest BCUT2D eigenvalue weighted by molar-refractivity contribution is 5.76. The van der Waals surface area contributed by atoms with E-state index in [1.54, 1.807) is 0 Å². The lowest BCUT2D eigenvalue weighted by atomic mass is 9.77. The van der Waals surface area contributed by atoms with E-state index in [9.17, 15) is 4.79 Å². The van der Waals surface area contributed by atoms with E-state index in [1.807, 2.05) is 24.4 Å². The van der Waals surface area contributed by atoms with Crippen LogP contribution in [0.2, 0.25) is 0 Å². The molecule has 0 aromatic carbocycles. The topological polar surface area (TPSA) is 33.2 Å². The predicted molar refractivity (Wildman–Crippen MR) is 90.6 cm³/mol. The fourth-order valence-corrected chi connectivity index (χ4v) is 3.34. The number of hydrogen-bond acceptors (Lipinski definition) is 2. The number of aryl methyl sites for hydroxylation is 1. The summed E-state index contributed by atoms with van der Waals surface area (Å²) in [7, 11) is 0. The summed E-state index contributed by atoms with van der Waals surface area (Å²) < 4.78 is 0. The molecule has 1 aliphatic rings. The first-order chi connectivity index (χ1) is 10.5. The van der Waals surface area contributed by atoms with Crippen LogP contribution in [-0.2, 0) is 11.2 Å². The number of hydrogen-bond donors (Lipinski definition) is 0. The lowest BCUT2D eigenvalue weighted by Crippen LogP contribution is -2.32. The molecule has 0 bridgehead atoms. The van der Waals surface area contributed by atoms with Gasteiger partial charge in [0.2, 0.25) is 5.91 Å². The van der Waals surface area contributed by atoms with Crippen molar-refractivity contribution in [3.63, 3.8) is 0 Å². The van der Waals surface area contributed by atoms with Gasteiger partial charge in [-0.2, -0.15) is 0 Å². The zero-order valence-electron chi connectivity index (χ0n) is 14.3. The molecule has 0 N–H and O–H groups in total. The molecular weight excluding hydrogens is 272 g/mol. The smallest absolute Gasteiger partial charge is 0.222 e. The molecular formula is C19H30N2O. The molecule has 1 atom stereocenters. The Kier molecular flexibility index (Phi) is 5.98. The van der Waals surface area contributed by atoms with Crippen molar-refractivity contribution >= 4 is 5.91 Å². The van der Waals surface area contributed by atoms with Crippen molar-refractivity contribution in [1.29, 1.82) is 0 Å². The molecule has 0 spiro atoms. The van der Waals surface area contributed by atoms with Crippen LogP contribution >= 0.6 is 0 Å². The van der Waals surface area contributed by atoms with Gasteiger partial charge in [0.25, 0.3) is 0 Å². The molecule has 0 aliphatic carbocycles. The second kappa shape index (κ2) is 7.75. The monoisotopic (exact) mass is 302 g/mol. The second-order valence-electron chi connectivity index (χ2n) is 7.55. The number of pyridine rings is 1. The number of likely N-dealkylation sites (tertiary alicyclic amines) is 1. The highest BCUT2D eigenvalue weighted by Gasteiger charge is 2.28. The Morgan fingerprint density at radius 3 is 2.77 bits per heavy atom. The highest BCUT2D eigenvalue weighted by atomic mass is 16.2. The minimum Gasteiger partial charge on any atom is -0.343 e. The normalized spacial score (nSPS) is 19.8. The molecule has 1 fully saturated rings. The van der Waals surface area contributed by atoms with E-state index in [0.29, 0.717) is 17.7 Å². The number of rotatable bonds is 4. The first-order valence-electron chi connectivity index (χ1n) is 8.64. The number of nitrogens with zero attached hydrogens (tertiary/aromatic N) is 2. The molecule has 1 amide bonds. The average molecular weight is 302 g/mol. The second-order valence-corrected chi connectivity index (χ2v) is 7.55. The standard InChI is InChI=1S/C19H30N2O/c1-19(2,3)16-8-7-14-21(15-12-16)18(22)11-6-10-17-9-4-5-13-20-17/h4-5,9,13,16H,6-8,10-12,14-15H2,1-3H3. The van der Waals surface area contributed by atoms with Crippen LogP contribution < -0.4 is 0 Å². The Labute approximate surface area is 135 Å². The van der Waals surface area contributed by atoms with Crippen LogP contribution in [0.15, 0.2) is 24.4 Å². The van der Waals surface area contributed by atoms with Crippen molar-refractivity contribution in [2.24, 2.45) is 11.3 Å². The number of carbonyl (C=O) groups is 1. The fraction of sp³-hybridized carbons (Fsp3) is 0.684. The minimum atomic E-state index is 0.325. The third-order valence-corrected chi connectivity index (χ3v) is 4.86. The van der Waals surface area contributed by atoms with Crippen LogP contribution in [0.1, 0.15) is 58.6 Å². The maximum atomic E-state index is 12.4. The van der Waals surface area contributed by atoms with Crippen molar-refractivity contribution in [2.75, 3.05) is 13.1 Å². The maximum absolute atomic E-state index is 12.4. The Hall–Kier alpha value is -1.38. The summed E-state index contributed by atoms with van der Waals surface area (Å²) in [5.74, 6) is 1.06. The lowest BCUT2D eigenvalue weighted by Gasteiger charge is -2.29. The maximum Gasteiger partial charge on any atom is 0.222 e. The van der Waals surface area contributed by atoms with Crippen LogP contribution in [0.3, 0.4) is 0 Å². The van der Waals surface area contributed by atoms with E-state index in [2.05, 4.69) is 30.7 Å². The quantitative estimate of drug-likeness (QED) is 0.839. The lowest BCUT2D eigenvalue weighted by molar-refractivity contribution is -0.131. The van der Waals surface area contributed by atoms with Crippen molar-refractivity contribution in [1.82, 2.24) is 9.88 Å². The van der Waals surface area contributed by atoms with E-state index < -0.39 is 0 Å². The van der Waals surface area contributed by atoms with Crippen molar-refractivity contribution in [3.8, 4) is 0 Å². The summed E-state index contributed by atoms with van der Waals surface area (Å²) in [6.07, 6.45) is 7.81. The van der Waals surface area contributed by atoms with Gasteiger partial charge in [0.15, 0.2) is 0 Å². The van der Waals surface area contributed by atoms with E-state index in [1.165, 1.54) is 6.42 Å². The molecule has 1 aromatic heterocycles. The van der Waals surface area contributed by atoms with Gasteiger partial charge in [0, 0.05) is 31.4 Å². The van der Waals surface area contributed by atoms with Crippen LogP contribution in [0.5, 0.6) is 0 Å². The molecule has 2 rings (SSSR count). The van der Waals surface area contributed by atoms with Gasteiger partial charge in [0.1, 0.15) is 0 Å². The number of amides is 1. The van der Waals surface area contributed by atoms with Gasteiger partial charge in [-0.3, -0.25) is 9.78 Å². The van der Waals surface area contributed by atoms with Crippen LogP contribution in [0.4, 0.5) is 0 Å². The Balaban J connectivity index is 1.76. The highest BCUT2D eigenvalue weighted by Crippen LogP contribution is 2.34. The molecule has 3 heteroatoms. The summed E-state index contributed by atoms with van der Waals surface area (Å²) in [6.45, 7) is 8.84. The third-order valence-electron chi connectivity index (χ3n) is 4.86. The Morgan fingerprint density at radius 2 is 2.09 bits per heavy atom. The minimum absolute atomic E-state index is 0.325. The van der Waals surface area contributed by atoms with E-state index in [4.69, 9.17) is 0 Å². The summed E-state index contributed by atoms with van der Waals surface area (Å²) in [4.78, 5) is 18.8. The van der Waals surface area contributed by atoms with E-state index in [-0.39, 0.29) is 0 Å². The fourth-order valence-electron chi connectivity index (χ4n) is 3.34. The van der Waals surface area contributed by atoms with Gasteiger partial charge in [0.05, 0.1) is 0 Å². The van der Waals surface area contributed by atoms with Gasteiger partial charge in [-0.1, -0.05) is 26.8 Å².